The maximum atomic E-state index is 12.6. The molecule has 1 aromatic carbocycles. The number of rotatable bonds is 5. The minimum atomic E-state index is -0.291. The van der Waals surface area contributed by atoms with Gasteiger partial charge in [-0.05, 0) is 50.6 Å². The lowest BCUT2D eigenvalue weighted by Gasteiger charge is -2.22. The topological polar surface area (TPSA) is 72.3 Å². The zero-order valence-electron chi connectivity index (χ0n) is 15.6. The Hall–Kier alpha value is -2.65. The van der Waals surface area contributed by atoms with Crippen LogP contribution in [0.2, 0.25) is 0 Å². The molecule has 6 nitrogen and oxygen atoms in total. The molecule has 1 aliphatic heterocycles. The molecular formula is C20H25N4O2+. The number of ether oxygens (including phenoxy) is 1. The number of benzene rings is 1. The lowest BCUT2D eigenvalue weighted by atomic mass is 10.0. The third kappa shape index (κ3) is 3.49. The molecule has 0 aliphatic carbocycles. The van der Waals surface area contributed by atoms with Gasteiger partial charge in [0.1, 0.15) is 23.4 Å². The van der Waals surface area contributed by atoms with E-state index in [2.05, 4.69) is 17.2 Å². The van der Waals surface area contributed by atoms with Gasteiger partial charge in [0.25, 0.3) is 5.56 Å². The molecule has 1 unspecified atom stereocenters. The summed E-state index contributed by atoms with van der Waals surface area (Å²) in [4.78, 5) is 13.9. The van der Waals surface area contributed by atoms with Crippen LogP contribution in [0.1, 0.15) is 48.2 Å². The predicted octanol–water partition coefficient (Wildman–Crippen LogP) is 1.51. The van der Waals surface area contributed by atoms with E-state index in [1.54, 1.807) is 6.92 Å². The van der Waals surface area contributed by atoms with Crippen LogP contribution < -0.4 is 15.2 Å². The number of hydrogen-bond acceptors (Lipinski definition) is 4. The first kappa shape index (κ1) is 18.2. The van der Waals surface area contributed by atoms with Crippen LogP contribution in [-0.4, -0.2) is 22.9 Å². The van der Waals surface area contributed by atoms with Crippen LogP contribution in [-0.2, 0) is 6.67 Å². The second-order valence-electron chi connectivity index (χ2n) is 6.77. The van der Waals surface area contributed by atoms with Crippen molar-refractivity contribution < 1.29 is 9.64 Å². The molecule has 0 radical (unpaired) electrons. The van der Waals surface area contributed by atoms with Gasteiger partial charge >= 0.3 is 0 Å². The number of aromatic nitrogens is 2. The molecule has 2 aromatic rings. The third-order valence-electron chi connectivity index (χ3n) is 5.18. The molecule has 3 rings (SSSR count). The summed E-state index contributed by atoms with van der Waals surface area (Å²) in [6, 6.07) is 10.6. The smallest absolute Gasteiger partial charge is 0.289 e. The summed E-state index contributed by atoms with van der Waals surface area (Å²) in [5, 5.41) is 13.7. The van der Waals surface area contributed by atoms with Crippen molar-refractivity contribution in [2.75, 3.05) is 13.2 Å². The predicted molar refractivity (Wildman–Crippen MR) is 98.1 cm³/mol. The van der Waals surface area contributed by atoms with E-state index in [-0.39, 0.29) is 11.1 Å². The summed E-state index contributed by atoms with van der Waals surface area (Å²) >= 11 is 0. The van der Waals surface area contributed by atoms with Gasteiger partial charge < -0.3 is 9.64 Å². The van der Waals surface area contributed by atoms with E-state index in [0.717, 1.165) is 30.8 Å². The van der Waals surface area contributed by atoms with Crippen molar-refractivity contribution in [1.82, 2.24) is 9.78 Å². The minimum absolute atomic E-state index is 0.203. The van der Waals surface area contributed by atoms with E-state index in [4.69, 9.17) is 4.74 Å². The highest BCUT2D eigenvalue weighted by Crippen LogP contribution is 2.22. The summed E-state index contributed by atoms with van der Waals surface area (Å²) in [6.45, 7) is 7.71. The zero-order chi connectivity index (χ0) is 18.7. The number of nitrogens with zero attached hydrogens (tertiary/aromatic N) is 3. The van der Waals surface area contributed by atoms with Crippen molar-refractivity contribution >= 4 is 0 Å². The second kappa shape index (κ2) is 7.71. The maximum Gasteiger partial charge on any atom is 0.289 e. The van der Waals surface area contributed by atoms with E-state index in [1.165, 1.54) is 15.1 Å². The van der Waals surface area contributed by atoms with Gasteiger partial charge in [-0.2, -0.15) is 15.0 Å². The Morgan fingerprint density at radius 2 is 2.08 bits per heavy atom. The van der Waals surface area contributed by atoms with Gasteiger partial charge in [-0.25, -0.2) is 0 Å². The van der Waals surface area contributed by atoms with Crippen LogP contribution in [0.4, 0.5) is 0 Å². The second-order valence-corrected chi connectivity index (χ2v) is 6.77. The summed E-state index contributed by atoms with van der Waals surface area (Å²) < 4.78 is 6.98. The number of nitriles is 1. The monoisotopic (exact) mass is 353 g/mol. The highest BCUT2D eigenvalue weighted by molar-refractivity contribution is 5.36. The fraction of sp³-hybridized carbons (Fsp3) is 0.450. The van der Waals surface area contributed by atoms with Crippen LogP contribution in [0, 0.1) is 25.2 Å². The third-order valence-corrected chi connectivity index (χ3v) is 5.18. The van der Waals surface area contributed by atoms with Crippen LogP contribution in [0.5, 0.6) is 5.75 Å². The van der Waals surface area contributed by atoms with Gasteiger partial charge in [0.2, 0.25) is 0 Å². The lowest BCUT2D eigenvalue weighted by molar-refractivity contribution is -0.941. The number of likely N-dealkylation sites (tertiary alicyclic amines) is 1. The van der Waals surface area contributed by atoms with Crippen molar-refractivity contribution in [3.05, 3.63) is 57.0 Å². The SMILES string of the molecule is CCOc1ccc([C@@H]2CCC[NH+]2Cn2nc(C)c(C)c(C#N)c2=O)cc1. The maximum absolute atomic E-state index is 12.6. The molecule has 2 heterocycles. The summed E-state index contributed by atoms with van der Waals surface area (Å²) in [7, 11) is 0. The summed E-state index contributed by atoms with van der Waals surface area (Å²) in [6.07, 6.45) is 2.19. The highest BCUT2D eigenvalue weighted by Gasteiger charge is 2.31. The first-order valence-electron chi connectivity index (χ1n) is 9.11. The Labute approximate surface area is 153 Å². The zero-order valence-corrected chi connectivity index (χ0v) is 15.6. The Morgan fingerprint density at radius 3 is 2.73 bits per heavy atom. The first-order chi connectivity index (χ1) is 12.5. The van der Waals surface area contributed by atoms with Gasteiger partial charge in [-0.15, -0.1) is 0 Å². The van der Waals surface area contributed by atoms with Gasteiger partial charge in [0.05, 0.1) is 18.8 Å². The van der Waals surface area contributed by atoms with Gasteiger partial charge in [0, 0.05) is 18.4 Å². The van der Waals surface area contributed by atoms with E-state index in [1.807, 2.05) is 32.0 Å². The molecule has 1 N–H and O–H groups in total. The fourth-order valence-electron chi connectivity index (χ4n) is 3.67. The molecule has 26 heavy (non-hydrogen) atoms. The minimum Gasteiger partial charge on any atom is -0.494 e. The Kier molecular flexibility index (Phi) is 5.38. The van der Waals surface area contributed by atoms with Crippen LogP contribution in [0.25, 0.3) is 0 Å². The average molecular weight is 353 g/mol. The van der Waals surface area contributed by atoms with Crippen LogP contribution in [0.3, 0.4) is 0 Å². The normalized spacial score (nSPS) is 19.3. The quantitative estimate of drug-likeness (QED) is 0.884. The molecule has 1 aromatic heterocycles. The standard InChI is InChI=1S/C20H24N4O2/c1-4-26-17-9-7-16(8-10-17)19-6-5-11-23(19)13-24-20(25)18(12-21)14(2)15(3)22-24/h7-10,19H,4-6,11,13H2,1-3H3/p+1/t19-/m0/s1. The van der Waals surface area contributed by atoms with Crippen molar-refractivity contribution in [3.8, 4) is 11.8 Å². The van der Waals surface area contributed by atoms with Gasteiger partial charge in [0.15, 0.2) is 6.67 Å². The molecular weight excluding hydrogens is 328 g/mol. The van der Waals surface area contributed by atoms with Gasteiger partial charge in [-0.3, -0.25) is 4.79 Å². The summed E-state index contributed by atoms with van der Waals surface area (Å²) in [5.74, 6) is 0.876. The van der Waals surface area contributed by atoms with Crippen molar-refractivity contribution in [2.24, 2.45) is 0 Å². The Morgan fingerprint density at radius 1 is 1.35 bits per heavy atom. The molecule has 0 saturated carbocycles. The molecule has 0 spiro atoms. The largest absolute Gasteiger partial charge is 0.494 e. The summed E-state index contributed by atoms with van der Waals surface area (Å²) in [5.41, 5.74) is 2.57. The van der Waals surface area contributed by atoms with Gasteiger partial charge in [-0.1, -0.05) is 0 Å². The Bertz CT molecular complexity index is 880. The van der Waals surface area contributed by atoms with Crippen LogP contribution >= 0.6 is 0 Å². The first-order valence-corrected chi connectivity index (χ1v) is 9.11. The van der Waals surface area contributed by atoms with E-state index in [0.29, 0.717) is 24.9 Å². The fourth-order valence-corrected chi connectivity index (χ4v) is 3.67. The van der Waals surface area contributed by atoms with Crippen molar-refractivity contribution in [2.45, 2.75) is 46.3 Å². The molecule has 136 valence electrons. The number of nitrogens with one attached hydrogen (secondary N) is 1. The molecule has 2 atom stereocenters. The van der Waals surface area contributed by atoms with Crippen molar-refractivity contribution in [1.29, 1.82) is 5.26 Å². The molecule has 0 amide bonds. The number of quaternary nitrogens is 1. The lowest BCUT2D eigenvalue weighted by Crippen LogP contribution is -3.10. The molecule has 6 heteroatoms. The van der Waals surface area contributed by atoms with E-state index >= 15 is 0 Å². The molecule has 1 aliphatic rings. The average Bonchev–Trinajstić information content (AvgIpc) is 3.09. The molecule has 0 bridgehead atoms. The van der Waals surface area contributed by atoms with Crippen molar-refractivity contribution in [3.63, 3.8) is 0 Å². The van der Waals surface area contributed by atoms with Crippen LogP contribution in [0.15, 0.2) is 29.1 Å². The Balaban J connectivity index is 1.85. The number of hydrogen-bond donors (Lipinski definition) is 1. The number of aryl methyl sites for hydroxylation is 1. The van der Waals surface area contributed by atoms with E-state index in [9.17, 15) is 10.1 Å². The highest BCUT2D eigenvalue weighted by atomic mass is 16.5. The molecule has 1 saturated heterocycles. The molecule has 1 fully saturated rings. The van der Waals surface area contributed by atoms with E-state index < -0.39 is 0 Å².